The highest BCUT2D eigenvalue weighted by Crippen LogP contribution is 2.37. The maximum Gasteiger partial charge on any atom is 0.340 e. The van der Waals surface area contributed by atoms with Crippen molar-refractivity contribution < 1.29 is 14.3 Å². The molecule has 0 atom stereocenters. The van der Waals surface area contributed by atoms with E-state index >= 15 is 0 Å². The Labute approximate surface area is 207 Å². The second-order valence-electron chi connectivity index (χ2n) is 9.50. The van der Waals surface area contributed by atoms with Gasteiger partial charge in [0.2, 0.25) is 0 Å². The summed E-state index contributed by atoms with van der Waals surface area (Å²) >= 11 is 0. The van der Waals surface area contributed by atoms with Crippen molar-refractivity contribution in [2.45, 2.75) is 48.5 Å². The minimum atomic E-state index is -0.517. The van der Waals surface area contributed by atoms with Crippen LogP contribution in [0.5, 0.6) is 0 Å². The predicted molar refractivity (Wildman–Crippen MR) is 141 cm³/mol. The van der Waals surface area contributed by atoms with Gasteiger partial charge in [0.15, 0.2) is 0 Å². The van der Waals surface area contributed by atoms with E-state index in [2.05, 4.69) is 48.7 Å². The Morgan fingerprint density at radius 1 is 0.771 bits per heavy atom. The first-order valence-corrected chi connectivity index (χ1v) is 11.7. The summed E-state index contributed by atoms with van der Waals surface area (Å²) in [7, 11) is 1.34. The molecular weight excluding hydrogens is 436 g/mol. The fraction of sp³-hybridized carbons (Fsp3) is 0.267. The number of rotatable bonds is 4. The summed E-state index contributed by atoms with van der Waals surface area (Å²) in [6.07, 6.45) is 1.82. The van der Waals surface area contributed by atoms with Crippen molar-refractivity contribution in [2.24, 2.45) is 0 Å². The van der Waals surface area contributed by atoms with Crippen molar-refractivity contribution in [3.05, 3.63) is 98.5 Å². The van der Waals surface area contributed by atoms with E-state index in [0.717, 1.165) is 39.5 Å². The molecule has 0 N–H and O–H groups in total. The molecule has 0 radical (unpaired) electrons. The van der Waals surface area contributed by atoms with Gasteiger partial charge < -0.3 is 9.30 Å². The number of ether oxygens (including phenoxy) is 1. The van der Waals surface area contributed by atoms with E-state index in [9.17, 15) is 9.59 Å². The number of methoxy groups -OCH3 is 1. The van der Waals surface area contributed by atoms with Crippen molar-refractivity contribution in [2.75, 3.05) is 12.0 Å². The fourth-order valence-corrected chi connectivity index (χ4v) is 5.14. The van der Waals surface area contributed by atoms with Crippen LogP contribution in [0, 0.1) is 41.5 Å². The minimum Gasteiger partial charge on any atom is -0.465 e. The van der Waals surface area contributed by atoms with Crippen molar-refractivity contribution in [1.29, 1.82) is 0 Å². The third-order valence-electron chi connectivity index (χ3n) is 6.49. The largest absolute Gasteiger partial charge is 0.465 e. The number of carbonyl (C=O) groups excluding carboxylic acids is 2. The Morgan fingerprint density at radius 2 is 1.29 bits per heavy atom. The second-order valence-corrected chi connectivity index (χ2v) is 9.50. The molecule has 0 aliphatic carbocycles. The van der Waals surface area contributed by atoms with Gasteiger partial charge in [0, 0.05) is 28.5 Å². The van der Waals surface area contributed by atoms with Crippen LogP contribution in [0.25, 0.3) is 11.8 Å². The van der Waals surface area contributed by atoms with E-state index in [1.165, 1.54) is 18.2 Å². The molecule has 1 amide bonds. The molecule has 180 valence electrons. The fourth-order valence-electron chi connectivity index (χ4n) is 5.14. The third-order valence-corrected chi connectivity index (χ3v) is 6.49. The molecule has 0 unspecified atom stereocenters. The Bertz CT molecular complexity index is 1400. The van der Waals surface area contributed by atoms with E-state index in [4.69, 9.17) is 4.74 Å². The lowest BCUT2D eigenvalue weighted by Gasteiger charge is -2.19. The summed E-state index contributed by atoms with van der Waals surface area (Å²) in [5.41, 5.74) is 10.5. The number of hydrogen-bond acceptors (Lipinski definition) is 3. The first-order chi connectivity index (χ1) is 16.5. The first kappa shape index (κ1) is 24.3. The molecule has 0 saturated carbocycles. The molecule has 0 bridgehead atoms. The zero-order valence-electron chi connectivity index (χ0n) is 21.7. The van der Waals surface area contributed by atoms with Crippen LogP contribution in [0.15, 0.2) is 59.3 Å². The Morgan fingerprint density at radius 3 is 1.80 bits per heavy atom. The molecule has 1 aliphatic heterocycles. The van der Waals surface area contributed by atoms with Crippen LogP contribution < -0.4 is 4.90 Å². The maximum atomic E-state index is 13.7. The van der Waals surface area contributed by atoms with Gasteiger partial charge in [0.25, 0.3) is 5.91 Å². The summed E-state index contributed by atoms with van der Waals surface area (Å²) in [5, 5.41) is 0. The van der Waals surface area contributed by atoms with Crippen LogP contribution in [0.3, 0.4) is 0 Å². The van der Waals surface area contributed by atoms with Gasteiger partial charge in [0.05, 0.1) is 18.3 Å². The number of hydrogen-bond donors (Lipinski definition) is 0. The lowest BCUT2D eigenvalue weighted by molar-refractivity contribution is -0.136. The summed E-state index contributed by atoms with van der Waals surface area (Å²) < 4.78 is 7.27. The second kappa shape index (κ2) is 9.06. The molecule has 5 nitrogen and oxygen atoms in total. The van der Waals surface area contributed by atoms with Crippen molar-refractivity contribution in [3.8, 4) is 5.69 Å². The van der Waals surface area contributed by atoms with Crippen LogP contribution >= 0.6 is 0 Å². The number of aromatic nitrogens is 1. The number of aryl methyl sites for hydroxylation is 5. The van der Waals surface area contributed by atoms with Crippen LogP contribution in [0.4, 0.5) is 5.69 Å². The van der Waals surface area contributed by atoms with Gasteiger partial charge in [-0.25, -0.2) is 4.79 Å². The Hall–Kier alpha value is -3.86. The van der Waals surface area contributed by atoms with Crippen molar-refractivity contribution in [1.82, 2.24) is 4.57 Å². The Kier molecular flexibility index (Phi) is 6.28. The van der Waals surface area contributed by atoms with Gasteiger partial charge in [-0.1, -0.05) is 12.1 Å². The summed E-state index contributed by atoms with van der Waals surface area (Å²) in [4.78, 5) is 28.2. The van der Waals surface area contributed by atoms with Gasteiger partial charge in [-0.2, -0.15) is 0 Å². The van der Waals surface area contributed by atoms with E-state index in [0.29, 0.717) is 16.8 Å². The predicted octanol–water partition coefficient (Wildman–Crippen LogP) is 6.21. The number of benzene rings is 2. The van der Waals surface area contributed by atoms with Gasteiger partial charge in [-0.15, -0.1) is 0 Å². The molecule has 35 heavy (non-hydrogen) atoms. The van der Waals surface area contributed by atoms with Gasteiger partial charge in [0.1, 0.15) is 0 Å². The topological polar surface area (TPSA) is 51.5 Å². The minimum absolute atomic E-state index is 0.232. The highest BCUT2D eigenvalue weighted by molar-refractivity contribution is 6.23. The number of carbonyl (C=O) groups is 2. The quantitative estimate of drug-likeness (QED) is 0.338. The normalized spacial score (nSPS) is 14.9. The van der Waals surface area contributed by atoms with Gasteiger partial charge in [-0.3, -0.25) is 9.69 Å². The molecule has 0 fully saturated rings. The number of amides is 1. The molecule has 0 saturated heterocycles. The number of anilines is 1. The van der Waals surface area contributed by atoms with Crippen molar-refractivity contribution in [3.63, 3.8) is 0 Å². The highest BCUT2D eigenvalue weighted by atomic mass is 16.5. The van der Waals surface area contributed by atoms with Gasteiger partial charge in [-0.05, 0) is 113 Å². The number of esters is 1. The average Bonchev–Trinajstić information content (AvgIpc) is 3.17. The summed E-state index contributed by atoms with van der Waals surface area (Å²) in [5.74, 6) is -0.749. The summed E-state index contributed by atoms with van der Waals surface area (Å²) in [6.45, 7) is 14.0. The van der Waals surface area contributed by atoms with E-state index in [1.807, 2.05) is 45.9 Å². The van der Waals surface area contributed by atoms with Crippen molar-refractivity contribution >= 4 is 23.6 Å². The smallest absolute Gasteiger partial charge is 0.340 e. The van der Waals surface area contributed by atoms with Crippen LogP contribution in [-0.2, 0) is 14.3 Å². The van der Waals surface area contributed by atoms with Gasteiger partial charge >= 0.3 is 5.97 Å². The molecule has 3 aromatic rings. The maximum absolute atomic E-state index is 13.7. The van der Waals surface area contributed by atoms with Crippen LogP contribution in [-0.4, -0.2) is 23.6 Å². The van der Waals surface area contributed by atoms with E-state index in [1.54, 1.807) is 11.8 Å². The standard InChI is InChI=1S/C30H32N2O3/c1-17-9-18(2)12-25(11-17)31-21(5)15-24(22(31)6)16-27-28(30(34)35-8)23(7)32(29(27)33)26-13-19(3)10-20(4)14-26/h9-16H,1-8H3/b27-16-. The molecule has 1 aliphatic rings. The molecule has 2 heterocycles. The SMILES string of the molecule is COC(=O)C1=C(C)N(c2cc(C)cc(C)c2)C(=O)/C1=C\c1cc(C)n(-c2cc(C)cc(C)c2)c1C. The molecule has 1 aromatic heterocycles. The highest BCUT2D eigenvalue weighted by Gasteiger charge is 2.38. The molecular formula is C30H32N2O3. The molecule has 5 heteroatoms. The Balaban J connectivity index is 1.87. The average molecular weight is 469 g/mol. The first-order valence-electron chi connectivity index (χ1n) is 11.7. The number of allylic oxidation sites excluding steroid dienone is 1. The third kappa shape index (κ3) is 4.34. The molecule has 4 rings (SSSR count). The lowest BCUT2D eigenvalue weighted by Crippen LogP contribution is -2.24. The lowest BCUT2D eigenvalue weighted by atomic mass is 10.0. The zero-order valence-corrected chi connectivity index (χ0v) is 21.7. The summed E-state index contributed by atoms with van der Waals surface area (Å²) in [6, 6.07) is 14.5. The van der Waals surface area contributed by atoms with E-state index < -0.39 is 5.97 Å². The van der Waals surface area contributed by atoms with Crippen LogP contribution in [0.1, 0.15) is 46.1 Å². The molecule has 0 spiro atoms. The van der Waals surface area contributed by atoms with Crippen LogP contribution in [0.2, 0.25) is 0 Å². The molecule has 2 aromatic carbocycles. The van der Waals surface area contributed by atoms with E-state index in [-0.39, 0.29) is 5.91 Å². The monoisotopic (exact) mass is 468 g/mol. The number of nitrogens with zero attached hydrogens (tertiary/aromatic N) is 2. The zero-order chi connectivity index (χ0) is 25.6.